The van der Waals surface area contributed by atoms with Crippen molar-refractivity contribution in [3.05, 3.63) is 0 Å². The summed E-state index contributed by atoms with van der Waals surface area (Å²) in [5.41, 5.74) is 0.0196. The largest absolute Gasteiger partial charge is 0.375 e. The van der Waals surface area contributed by atoms with Crippen LogP contribution in [0, 0.1) is 0 Å². The van der Waals surface area contributed by atoms with Crippen molar-refractivity contribution in [2.24, 2.45) is 0 Å². The van der Waals surface area contributed by atoms with Crippen molar-refractivity contribution >= 4 is 21.8 Å². The molecular formula is C12H27ClOSi. The van der Waals surface area contributed by atoms with Gasteiger partial charge in [0.2, 0.25) is 0 Å². The maximum atomic E-state index is 5.98. The van der Waals surface area contributed by atoms with Gasteiger partial charge in [-0.25, -0.2) is 0 Å². The van der Waals surface area contributed by atoms with Crippen LogP contribution in [0.15, 0.2) is 0 Å². The molecule has 0 saturated heterocycles. The molecule has 0 atom stereocenters. The first-order valence-corrected chi connectivity index (χ1v) is 7.54. The number of hydrogen-bond donors (Lipinski definition) is 0. The lowest BCUT2D eigenvalue weighted by molar-refractivity contribution is -0.0447. The van der Waals surface area contributed by atoms with Crippen LogP contribution in [-0.2, 0) is 4.74 Å². The molecule has 3 heteroatoms. The lowest BCUT2D eigenvalue weighted by Gasteiger charge is -2.38. The fourth-order valence-corrected chi connectivity index (χ4v) is 1.43. The molecule has 15 heavy (non-hydrogen) atoms. The fraction of sp³-hybridized carbons (Fsp3) is 1.00. The molecule has 1 nitrogen and oxygen atoms in total. The molecule has 0 aromatic rings. The van der Waals surface area contributed by atoms with E-state index in [0.29, 0.717) is 5.04 Å². The zero-order valence-electron chi connectivity index (χ0n) is 11.0. The number of alkyl halides is 1. The predicted octanol–water partition coefficient (Wildman–Crippen LogP) is 3.14. The average Bonchev–Trinajstić information content (AvgIpc) is 2.09. The van der Waals surface area contributed by atoms with Gasteiger partial charge in [-0.15, -0.1) is 11.6 Å². The highest BCUT2D eigenvalue weighted by Crippen LogP contribution is 2.37. The number of ether oxygens (including phenoxy) is 1. The van der Waals surface area contributed by atoms with Gasteiger partial charge in [0, 0.05) is 22.7 Å². The molecule has 0 aromatic carbocycles. The van der Waals surface area contributed by atoms with Crippen LogP contribution in [0.3, 0.4) is 0 Å². The average molecular weight is 251 g/mol. The third-order valence-corrected chi connectivity index (χ3v) is 4.77. The Morgan fingerprint density at radius 3 is 2.00 bits per heavy atom. The molecule has 0 unspecified atom stereocenters. The second-order valence-electron chi connectivity index (χ2n) is 5.71. The van der Waals surface area contributed by atoms with Crippen LogP contribution in [0.25, 0.3) is 0 Å². The molecule has 0 rings (SSSR count). The summed E-state index contributed by atoms with van der Waals surface area (Å²) < 4.78 is 5.98. The summed E-state index contributed by atoms with van der Waals surface area (Å²) in [6, 6.07) is 0. The van der Waals surface area contributed by atoms with Crippen molar-refractivity contribution in [3.63, 3.8) is 0 Å². The summed E-state index contributed by atoms with van der Waals surface area (Å²) in [4.78, 5) is 0. The van der Waals surface area contributed by atoms with Gasteiger partial charge in [0.05, 0.1) is 5.60 Å². The highest BCUT2D eigenvalue weighted by molar-refractivity contribution is 6.17. The minimum atomic E-state index is 0.0196. The number of halogens is 1. The van der Waals surface area contributed by atoms with Crippen LogP contribution < -0.4 is 0 Å². The Bertz CT molecular complexity index is 163. The van der Waals surface area contributed by atoms with Crippen molar-refractivity contribution < 1.29 is 4.74 Å². The first-order valence-electron chi connectivity index (χ1n) is 6.01. The van der Waals surface area contributed by atoms with E-state index in [-0.39, 0.29) is 5.60 Å². The molecule has 0 heterocycles. The molecule has 0 aliphatic heterocycles. The summed E-state index contributed by atoms with van der Waals surface area (Å²) in [5.74, 6) is 0.792. The van der Waals surface area contributed by atoms with Gasteiger partial charge in [0.1, 0.15) is 0 Å². The van der Waals surface area contributed by atoms with Crippen LogP contribution in [0.2, 0.25) is 5.04 Å². The van der Waals surface area contributed by atoms with E-state index in [9.17, 15) is 0 Å². The van der Waals surface area contributed by atoms with Crippen molar-refractivity contribution in [1.29, 1.82) is 0 Å². The van der Waals surface area contributed by atoms with Gasteiger partial charge < -0.3 is 4.74 Å². The third-order valence-electron chi connectivity index (χ3n) is 3.30. The van der Waals surface area contributed by atoms with E-state index in [2.05, 4.69) is 27.7 Å². The number of hydrogen-bond acceptors (Lipinski definition) is 1. The highest BCUT2D eigenvalue weighted by Gasteiger charge is 2.33. The van der Waals surface area contributed by atoms with Gasteiger partial charge in [0.15, 0.2) is 0 Å². The molecule has 0 bridgehead atoms. The molecule has 0 fully saturated rings. The summed E-state index contributed by atoms with van der Waals surface area (Å²) >= 11 is 5.62. The maximum absolute atomic E-state index is 5.98. The minimum absolute atomic E-state index is 0.0196. The lowest BCUT2D eigenvalue weighted by atomic mass is 9.93. The molecular weight excluding hydrogens is 224 g/mol. The Balaban J connectivity index is 3.58. The van der Waals surface area contributed by atoms with Crippen LogP contribution in [0.4, 0.5) is 0 Å². The van der Waals surface area contributed by atoms with E-state index in [4.69, 9.17) is 16.3 Å². The van der Waals surface area contributed by atoms with Gasteiger partial charge in [-0.3, -0.25) is 0 Å². The van der Waals surface area contributed by atoms with Crippen LogP contribution in [-0.4, -0.2) is 28.3 Å². The molecule has 0 saturated carbocycles. The lowest BCUT2D eigenvalue weighted by Crippen LogP contribution is -2.37. The van der Waals surface area contributed by atoms with Gasteiger partial charge in [-0.2, -0.15) is 0 Å². The summed E-state index contributed by atoms with van der Waals surface area (Å²) in [6.45, 7) is 9.87. The van der Waals surface area contributed by atoms with Gasteiger partial charge in [-0.05, 0) is 31.7 Å². The molecule has 0 N–H and O–H groups in total. The topological polar surface area (TPSA) is 9.23 Å². The third kappa shape index (κ3) is 6.59. The Labute approximate surface area is 103 Å². The first-order chi connectivity index (χ1) is 6.81. The monoisotopic (exact) mass is 250 g/mol. The number of unbranched alkanes of at least 4 members (excludes halogenated alkanes) is 3. The van der Waals surface area contributed by atoms with E-state index in [1.54, 1.807) is 0 Å². The normalized spacial score (nSPS) is 13.4. The van der Waals surface area contributed by atoms with Gasteiger partial charge in [0.25, 0.3) is 0 Å². The van der Waals surface area contributed by atoms with Crippen molar-refractivity contribution in [2.45, 2.75) is 64.0 Å². The first kappa shape index (κ1) is 15.5. The molecule has 92 valence electrons. The zero-order valence-corrected chi connectivity index (χ0v) is 13.8. The Morgan fingerprint density at radius 2 is 1.53 bits per heavy atom. The van der Waals surface area contributed by atoms with E-state index >= 15 is 0 Å². The molecule has 0 aromatic heterocycles. The van der Waals surface area contributed by atoms with E-state index < -0.39 is 0 Å². The SMILES string of the molecule is CC(C)([SiH3])C(C)(C)OCCCCCCCl. The van der Waals surface area contributed by atoms with E-state index in [1.165, 1.54) is 12.8 Å². The maximum Gasteiger partial charge on any atom is 0.0644 e. The van der Waals surface area contributed by atoms with Gasteiger partial charge >= 0.3 is 0 Å². The predicted molar refractivity (Wildman–Crippen MR) is 73.2 cm³/mol. The summed E-state index contributed by atoms with van der Waals surface area (Å²) in [5, 5.41) is 0.336. The zero-order chi connectivity index (χ0) is 11.9. The van der Waals surface area contributed by atoms with Crippen LogP contribution in [0.5, 0.6) is 0 Å². The quantitative estimate of drug-likeness (QED) is 0.365. The van der Waals surface area contributed by atoms with Crippen molar-refractivity contribution in [3.8, 4) is 0 Å². The highest BCUT2D eigenvalue weighted by atomic mass is 35.5. The van der Waals surface area contributed by atoms with Crippen molar-refractivity contribution in [1.82, 2.24) is 0 Å². The van der Waals surface area contributed by atoms with Crippen molar-refractivity contribution in [2.75, 3.05) is 12.5 Å². The second kappa shape index (κ2) is 6.92. The Morgan fingerprint density at radius 1 is 1.00 bits per heavy atom. The van der Waals surface area contributed by atoms with Gasteiger partial charge in [-0.1, -0.05) is 26.7 Å². The molecule has 0 aliphatic rings. The second-order valence-corrected chi connectivity index (χ2v) is 8.59. The van der Waals surface area contributed by atoms with Crippen LogP contribution in [0.1, 0.15) is 53.4 Å². The van der Waals surface area contributed by atoms with E-state index in [0.717, 1.165) is 35.6 Å². The number of rotatable bonds is 8. The molecule has 0 radical (unpaired) electrons. The standard InChI is InChI=1S/C12H27ClOSi/c1-11(2,12(3,4)15)14-10-8-6-5-7-9-13/h5-10H2,1-4,15H3. The van der Waals surface area contributed by atoms with Crippen LogP contribution >= 0.6 is 11.6 Å². The Kier molecular flexibility index (Phi) is 7.14. The smallest absolute Gasteiger partial charge is 0.0644 e. The molecule has 0 amide bonds. The van der Waals surface area contributed by atoms with E-state index in [1.807, 2.05) is 0 Å². The minimum Gasteiger partial charge on any atom is -0.375 e. The Hall–Kier alpha value is 0.467. The molecule has 0 aliphatic carbocycles. The summed E-state index contributed by atoms with van der Waals surface area (Å²) in [7, 11) is 1.16. The fourth-order valence-electron chi connectivity index (χ4n) is 1.09. The molecule has 0 spiro atoms. The summed E-state index contributed by atoms with van der Waals surface area (Å²) in [6.07, 6.45) is 4.77.